The summed E-state index contributed by atoms with van der Waals surface area (Å²) in [5, 5.41) is 1.21. The smallest absolute Gasteiger partial charge is 0.131 e. The van der Waals surface area contributed by atoms with E-state index < -0.39 is 0 Å². The van der Waals surface area contributed by atoms with E-state index in [0.717, 1.165) is 11.4 Å². The lowest BCUT2D eigenvalue weighted by molar-refractivity contribution is 0.580. The Morgan fingerprint density at radius 2 is 2.18 bits per heavy atom. The number of nitrogens with one attached hydrogen (secondary N) is 1. The Morgan fingerprint density at radius 1 is 1.41 bits per heavy atom. The van der Waals surface area contributed by atoms with E-state index in [1.807, 2.05) is 17.8 Å². The molecule has 6 heteroatoms. The van der Waals surface area contributed by atoms with Crippen molar-refractivity contribution in [2.45, 2.75) is 6.04 Å². The molecule has 0 saturated carbocycles. The molecule has 1 heterocycles. The van der Waals surface area contributed by atoms with Gasteiger partial charge in [0.05, 0.1) is 0 Å². The lowest BCUT2D eigenvalue weighted by Gasteiger charge is -2.17. The Balaban J connectivity index is 2.49. The fourth-order valence-electron chi connectivity index (χ4n) is 1.69. The predicted molar refractivity (Wildman–Crippen MR) is 68.8 cm³/mol. The number of halogens is 2. The fourth-order valence-corrected chi connectivity index (χ4v) is 2.10. The number of rotatable bonds is 3. The average Bonchev–Trinajstić information content (AvgIpc) is 2.71. The number of hydrogen-bond donors (Lipinski definition) is 2. The Kier molecular flexibility index (Phi) is 3.69. The highest BCUT2D eigenvalue weighted by molar-refractivity contribution is 6.33. The molecule has 3 N–H and O–H groups in total. The van der Waals surface area contributed by atoms with Crippen molar-refractivity contribution in [2.75, 3.05) is 0 Å². The maximum Gasteiger partial charge on any atom is 0.131 e. The molecule has 0 saturated heterocycles. The number of imidazole rings is 1. The van der Waals surface area contributed by atoms with Gasteiger partial charge in [0.15, 0.2) is 0 Å². The molecule has 1 aromatic carbocycles. The van der Waals surface area contributed by atoms with E-state index in [1.54, 1.807) is 24.4 Å². The van der Waals surface area contributed by atoms with Gasteiger partial charge < -0.3 is 4.57 Å². The van der Waals surface area contributed by atoms with Crippen molar-refractivity contribution >= 4 is 23.2 Å². The Labute approximate surface area is 109 Å². The minimum Gasteiger partial charge on any atom is -0.336 e. The highest BCUT2D eigenvalue weighted by atomic mass is 35.5. The quantitative estimate of drug-likeness (QED) is 0.665. The highest BCUT2D eigenvalue weighted by Crippen LogP contribution is 2.29. The van der Waals surface area contributed by atoms with E-state index in [2.05, 4.69) is 10.4 Å². The molecule has 0 fully saturated rings. The number of hydrogen-bond acceptors (Lipinski definition) is 3. The Bertz CT molecular complexity index is 524. The van der Waals surface area contributed by atoms with Crippen molar-refractivity contribution in [3.63, 3.8) is 0 Å². The number of aryl methyl sites for hydroxylation is 1. The van der Waals surface area contributed by atoms with Gasteiger partial charge in [-0.25, -0.2) is 10.4 Å². The summed E-state index contributed by atoms with van der Waals surface area (Å²) in [5.74, 6) is 6.35. The molecule has 1 aromatic heterocycles. The summed E-state index contributed by atoms with van der Waals surface area (Å²) in [5.41, 5.74) is 3.51. The number of aromatic nitrogens is 2. The molecule has 1 atom stereocenters. The lowest BCUT2D eigenvalue weighted by Crippen LogP contribution is -2.31. The van der Waals surface area contributed by atoms with E-state index >= 15 is 0 Å². The van der Waals surface area contributed by atoms with Crippen molar-refractivity contribution in [1.82, 2.24) is 15.0 Å². The zero-order valence-corrected chi connectivity index (χ0v) is 10.7. The summed E-state index contributed by atoms with van der Waals surface area (Å²) in [6, 6.07) is 4.97. The van der Waals surface area contributed by atoms with Crippen LogP contribution in [0.5, 0.6) is 0 Å². The predicted octanol–water partition coefficient (Wildman–Crippen LogP) is 2.28. The molecular formula is C11H12Cl2N4. The normalized spacial score (nSPS) is 12.7. The zero-order chi connectivity index (χ0) is 12.4. The molecule has 0 amide bonds. The third kappa shape index (κ3) is 2.45. The van der Waals surface area contributed by atoms with Gasteiger partial charge in [0, 0.05) is 29.5 Å². The second-order valence-electron chi connectivity index (χ2n) is 3.66. The van der Waals surface area contributed by atoms with Crippen LogP contribution in [0, 0.1) is 0 Å². The minimum absolute atomic E-state index is 0.291. The van der Waals surface area contributed by atoms with Crippen LogP contribution >= 0.6 is 23.2 Å². The summed E-state index contributed by atoms with van der Waals surface area (Å²) >= 11 is 12.1. The van der Waals surface area contributed by atoms with Crippen LogP contribution in [-0.4, -0.2) is 9.55 Å². The number of nitrogens with two attached hydrogens (primary N) is 1. The molecule has 0 aliphatic rings. The molecule has 4 nitrogen and oxygen atoms in total. The van der Waals surface area contributed by atoms with Gasteiger partial charge in [-0.3, -0.25) is 5.84 Å². The van der Waals surface area contributed by atoms with Crippen LogP contribution in [0.2, 0.25) is 10.0 Å². The second kappa shape index (κ2) is 5.06. The van der Waals surface area contributed by atoms with Gasteiger partial charge in [-0.1, -0.05) is 23.2 Å². The Morgan fingerprint density at radius 3 is 2.76 bits per heavy atom. The van der Waals surface area contributed by atoms with Crippen LogP contribution in [0.1, 0.15) is 17.4 Å². The first-order valence-corrected chi connectivity index (χ1v) is 5.77. The number of benzene rings is 1. The maximum absolute atomic E-state index is 6.15. The third-order valence-corrected chi connectivity index (χ3v) is 3.13. The molecular weight excluding hydrogens is 259 g/mol. The van der Waals surface area contributed by atoms with Gasteiger partial charge in [0.25, 0.3) is 0 Å². The van der Waals surface area contributed by atoms with Crippen LogP contribution in [-0.2, 0) is 7.05 Å². The minimum atomic E-state index is -0.291. The second-order valence-corrected chi connectivity index (χ2v) is 4.51. The monoisotopic (exact) mass is 270 g/mol. The molecule has 17 heavy (non-hydrogen) atoms. The molecule has 90 valence electrons. The molecule has 0 bridgehead atoms. The van der Waals surface area contributed by atoms with Gasteiger partial charge in [-0.2, -0.15) is 0 Å². The van der Waals surface area contributed by atoms with Crippen molar-refractivity contribution in [2.24, 2.45) is 12.9 Å². The first-order valence-electron chi connectivity index (χ1n) is 5.01. The summed E-state index contributed by atoms with van der Waals surface area (Å²) in [7, 11) is 1.89. The fraction of sp³-hybridized carbons (Fsp3) is 0.182. The molecule has 0 aliphatic carbocycles. The van der Waals surface area contributed by atoms with Crippen LogP contribution < -0.4 is 11.3 Å². The van der Waals surface area contributed by atoms with Crippen molar-refractivity contribution in [3.8, 4) is 0 Å². The van der Waals surface area contributed by atoms with E-state index in [4.69, 9.17) is 29.0 Å². The summed E-state index contributed by atoms with van der Waals surface area (Å²) in [4.78, 5) is 4.25. The molecule has 1 unspecified atom stereocenters. The zero-order valence-electron chi connectivity index (χ0n) is 9.19. The number of nitrogens with zero attached hydrogens (tertiary/aromatic N) is 2. The SMILES string of the molecule is Cn1ccnc1C(NN)c1cc(Cl)ccc1Cl. The standard InChI is InChI=1S/C11H12Cl2N4/c1-17-5-4-15-11(17)10(16-14)8-6-7(12)2-3-9(8)13/h2-6,10,16H,14H2,1H3. The summed E-state index contributed by atoms with van der Waals surface area (Å²) in [6.07, 6.45) is 3.55. The van der Waals surface area contributed by atoms with Crippen LogP contribution in [0.3, 0.4) is 0 Å². The van der Waals surface area contributed by atoms with Gasteiger partial charge in [-0.05, 0) is 23.8 Å². The first kappa shape index (κ1) is 12.4. The lowest BCUT2D eigenvalue weighted by atomic mass is 10.1. The van der Waals surface area contributed by atoms with E-state index in [9.17, 15) is 0 Å². The van der Waals surface area contributed by atoms with Gasteiger partial charge in [-0.15, -0.1) is 0 Å². The molecule has 2 aromatic rings. The molecule has 0 radical (unpaired) electrons. The molecule has 0 spiro atoms. The maximum atomic E-state index is 6.15. The van der Waals surface area contributed by atoms with Gasteiger partial charge in [0.2, 0.25) is 0 Å². The van der Waals surface area contributed by atoms with Gasteiger partial charge >= 0.3 is 0 Å². The van der Waals surface area contributed by atoms with Crippen molar-refractivity contribution < 1.29 is 0 Å². The topological polar surface area (TPSA) is 55.9 Å². The average molecular weight is 271 g/mol. The van der Waals surface area contributed by atoms with Crippen LogP contribution in [0.25, 0.3) is 0 Å². The van der Waals surface area contributed by atoms with E-state index in [-0.39, 0.29) is 6.04 Å². The van der Waals surface area contributed by atoms with E-state index in [0.29, 0.717) is 10.0 Å². The Hall–Kier alpha value is -1.07. The van der Waals surface area contributed by atoms with Gasteiger partial charge in [0.1, 0.15) is 11.9 Å². The summed E-state index contributed by atoms with van der Waals surface area (Å²) < 4.78 is 1.88. The molecule has 0 aliphatic heterocycles. The van der Waals surface area contributed by atoms with Crippen molar-refractivity contribution in [3.05, 3.63) is 52.0 Å². The van der Waals surface area contributed by atoms with Crippen molar-refractivity contribution in [1.29, 1.82) is 0 Å². The summed E-state index contributed by atoms with van der Waals surface area (Å²) in [6.45, 7) is 0. The highest BCUT2D eigenvalue weighted by Gasteiger charge is 2.19. The first-order chi connectivity index (χ1) is 8.13. The largest absolute Gasteiger partial charge is 0.336 e. The third-order valence-electron chi connectivity index (χ3n) is 2.55. The number of hydrazine groups is 1. The molecule has 2 rings (SSSR count). The van der Waals surface area contributed by atoms with E-state index in [1.165, 1.54) is 0 Å². The van der Waals surface area contributed by atoms with Crippen LogP contribution in [0.4, 0.5) is 0 Å². The van der Waals surface area contributed by atoms with Crippen LogP contribution in [0.15, 0.2) is 30.6 Å².